The van der Waals surface area contributed by atoms with Crippen molar-refractivity contribution in [3.63, 3.8) is 0 Å². The van der Waals surface area contributed by atoms with Gasteiger partial charge in [-0.15, -0.1) is 0 Å². The predicted molar refractivity (Wildman–Crippen MR) is 71.8 cm³/mol. The van der Waals surface area contributed by atoms with Crippen molar-refractivity contribution < 1.29 is 4.79 Å². The molecule has 1 amide bonds. The Morgan fingerprint density at radius 3 is 2.44 bits per heavy atom. The highest BCUT2D eigenvalue weighted by atomic mass is 32.2. The molecule has 94 valence electrons. The standard InChI is InChI=1S/C13H25NOS/c1-13(2,3)12(15)14-9-10-16-11-7-5-4-6-8-11/h11H,4-10H2,1-3H3,(H,14,15). The van der Waals surface area contributed by atoms with Gasteiger partial charge in [0.15, 0.2) is 0 Å². The van der Waals surface area contributed by atoms with Crippen molar-refractivity contribution in [1.29, 1.82) is 0 Å². The van der Waals surface area contributed by atoms with Crippen LogP contribution in [-0.4, -0.2) is 23.5 Å². The number of nitrogens with one attached hydrogen (secondary N) is 1. The highest BCUT2D eigenvalue weighted by molar-refractivity contribution is 7.99. The van der Waals surface area contributed by atoms with E-state index in [1.807, 2.05) is 32.5 Å². The smallest absolute Gasteiger partial charge is 0.225 e. The molecule has 1 aliphatic carbocycles. The van der Waals surface area contributed by atoms with Gasteiger partial charge in [0, 0.05) is 23.0 Å². The van der Waals surface area contributed by atoms with Gasteiger partial charge in [-0.25, -0.2) is 0 Å². The minimum absolute atomic E-state index is 0.164. The van der Waals surface area contributed by atoms with E-state index < -0.39 is 0 Å². The van der Waals surface area contributed by atoms with E-state index in [0.29, 0.717) is 0 Å². The second kappa shape index (κ2) is 6.53. The molecule has 0 bridgehead atoms. The summed E-state index contributed by atoms with van der Waals surface area (Å²) in [5, 5.41) is 3.85. The molecule has 0 saturated heterocycles. The average Bonchev–Trinajstić information content (AvgIpc) is 2.24. The lowest BCUT2D eigenvalue weighted by Crippen LogP contribution is -2.36. The fourth-order valence-electron chi connectivity index (χ4n) is 1.89. The van der Waals surface area contributed by atoms with Gasteiger partial charge in [0.1, 0.15) is 0 Å². The summed E-state index contributed by atoms with van der Waals surface area (Å²) in [6, 6.07) is 0. The van der Waals surface area contributed by atoms with Gasteiger partial charge < -0.3 is 5.32 Å². The van der Waals surface area contributed by atoms with Crippen LogP contribution in [-0.2, 0) is 4.79 Å². The first-order valence-electron chi connectivity index (χ1n) is 6.40. The quantitative estimate of drug-likeness (QED) is 0.768. The second-order valence-corrected chi connectivity index (χ2v) is 7.04. The maximum absolute atomic E-state index is 11.6. The fourth-order valence-corrected chi connectivity index (χ4v) is 3.11. The molecule has 1 saturated carbocycles. The first kappa shape index (κ1) is 13.9. The van der Waals surface area contributed by atoms with Gasteiger partial charge in [-0.3, -0.25) is 4.79 Å². The summed E-state index contributed by atoms with van der Waals surface area (Å²) in [6.45, 7) is 6.68. The number of carbonyl (C=O) groups excluding carboxylic acids is 1. The summed E-state index contributed by atoms with van der Waals surface area (Å²) >= 11 is 2.04. The van der Waals surface area contributed by atoms with Crippen LogP contribution in [0.2, 0.25) is 0 Å². The lowest BCUT2D eigenvalue weighted by atomic mass is 9.96. The Morgan fingerprint density at radius 2 is 1.88 bits per heavy atom. The van der Waals surface area contributed by atoms with E-state index in [1.54, 1.807) is 0 Å². The summed E-state index contributed by atoms with van der Waals surface area (Å²) < 4.78 is 0. The van der Waals surface area contributed by atoms with Crippen molar-refractivity contribution in [3.8, 4) is 0 Å². The molecule has 0 unspecified atom stereocenters. The minimum Gasteiger partial charge on any atom is -0.355 e. The van der Waals surface area contributed by atoms with Gasteiger partial charge in [0.05, 0.1) is 0 Å². The predicted octanol–water partition coefficient (Wildman–Crippen LogP) is 3.21. The van der Waals surface area contributed by atoms with E-state index in [9.17, 15) is 4.79 Å². The number of hydrogen-bond acceptors (Lipinski definition) is 2. The van der Waals surface area contributed by atoms with Crippen LogP contribution in [0.3, 0.4) is 0 Å². The van der Waals surface area contributed by atoms with Gasteiger partial charge in [-0.1, -0.05) is 40.0 Å². The zero-order valence-corrected chi connectivity index (χ0v) is 11.7. The highest BCUT2D eigenvalue weighted by Gasteiger charge is 2.20. The summed E-state index contributed by atoms with van der Waals surface area (Å²) in [5.41, 5.74) is -0.254. The largest absolute Gasteiger partial charge is 0.355 e. The summed E-state index contributed by atoms with van der Waals surface area (Å²) in [7, 11) is 0. The van der Waals surface area contributed by atoms with Crippen molar-refractivity contribution in [3.05, 3.63) is 0 Å². The molecule has 0 aromatic rings. The lowest BCUT2D eigenvalue weighted by Gasteiger charge is -2.22. The Hall–Kier alpha value is -0.180. The van der Waals surface area contributed by atoms with Crippen LogP contribution in [0.25, 0.3) is 0 Å². The molecule has 3 heteroatoms. The third-order valence-corrected chi connectivity index (χ3v) is 4.36. The van der Waals surface area contributed by atoms with Gasteiger partial charge in [0.25, 0.3) is 0 Å². The minimum atomic E-state index is -0.254. The van der Waals surface area contributed by atoms with Crippen molar-refractivity contribution in [2.24, 2.45) is 5.41 Å². The van der Waals surface area contributed by atoms with Gasteiger partial charge in [-0.05, 0) is 12.8 Å². The van der Waals surface area contributed by atoms with E-state index >= 15 is 0 Å². The van der Waals surface area contributed by atoms with Crippen LogP contribution in [0.4, 0.5) is 0 Å². The number of thioether (sulfide) groups is 1. The fraction of sp³-hybridized carbons (Fsp3) is 0.923. The number of rotatable bonds is 4. The zero-order valence-electron chi connectivity index (χ0n) is 10.8. The molecule has 0 radical (unpaired) electrons. The van der Waals surface area contributed by atoms with Crippen molar-refractivity contribution in [2.45, 2.75) is 58.1 Å². The molecule has 1 aliphatic rings. The topological polar surface area (TPSA) is 29.1 Å². The van der Waals surface area contributed by atoms with Crippen molar-refractivity contribution in [2.75, 3.05) is 12.3 Å². The Labute approximate surface area is 104 Å². The highest BCUT2D eigenvalue weighted by Crippen LogP contribution is 2.27. The first-order valence-corrected chi connectivity index (χ1v) is 7.45. The number of hydrogen-bond donors (Lipinski definition) is 1. The van der Waals surface area contributed by atoms with Crippen LogP contribution in [0, 0.1) is 5.41 Å². The van der Waals surface area contributed by atoms with Gasteiger partial charge in [0.2, 0.25) is 5.91 Å². The summed E-state index contributed by atoms with van der Waals surface area (Å²) in [6.07, 6.45) is 6.95. The first-order chi connectivity index (χ1) is 7.50. The van der Waals surface area contributed by atoms with E-state index in [0.717, 1.165) is 17.5 Å². The van der Waals surface area contributed by atoms with E-state index in [1.165, 1.54) is 32.1 Å². The summed E-state index contributed by atoms with van der Waals surface area (Å²) in [5.74, 6) is 1.23. The lowest BCUT2D eigenvalue weighted by molar-refractivity contribution is -0.128. The number of amides is 1. The molecule has 0 aliphatic heterocycles. The van der Waals surface area contributed by atoms with Crippen LogP contribution < -0.4 is 5.32 Å². The molecule has 0 spiro atoms. The Balaban J connectivity index is 2.05. The van der Waals surface area contributed by atoms with Gasteiger partial charge in [-0.2, -0.15) is 11.8 Å². The van der Waals surface area contributed by atoms with Crippen LogP contribution in [0.1, 0.15) is 52.9 Å². The molecule has 0 aromatic heterocycles. The van der Waals surface area contributed by atoms with Crippen LogP contribution in [0.15, 0.2) is 0 Å². The maximum Gasteiger partial charge on any atom is 0.225 e. The maximum atomic E-state index is 11.6. The third kappa shape index (κ3) is 5.24. The molecule has 1 fully saturated rings. The molecule has 1 rings (SSSR count). The van der Waals surface area contributed by atoms with Gasteiger partial charge >= 0.3 is 0 Å². The zero-order chi connectivity index (χ0) is 12.0. The summed E-state index contributed by atoms with van der Waals surface area (Å²) in [4.78, 5) is 11.6. The third-order valence-electron chi connectivity index (χ3n) is 2.97. The van der Waals surface area contributed by atoms with Crippen molar-refractivity contribution in [1.82, 2.24) is 5.32 Å². The van der Waals surface area contributed by atoms with E-state index in [-0.39, 0.29) is 11.3 Å². The normalized spacial score (nSPS) is 18.4. The monoisotopic (exact) mass is 243 g/mol. The van der Waals surface area contributed by atoms with Crippen LogP contribution in [0.5, 0.6) is 0 Å². The molecule has 0 heterocycles. The molecule has 1 N–H and O–H groups in total. The van der Waals surface area contributed by atoms with E-state index in [2.05, 4.69) is 5.32 Å². The average molecular weight is 243 g/mol. The Bertz CT molecular complexity index is 216. The molecular formula is C13H25NOS. The molecule has 0 aromatic carbocycles. The Morgan fingerprint density at radius 1 is 1.25 bits per heavy atom. The second-order valence-electron chi connectivity index (χ2n) is 5.64. The van der Waals surface area contributed by atoms with Crippen molar-refractivity contribution >= 4 is 17.7 Å². The molecule has 0 atom stereocenters. The Kier molecular flexibility index (Phi) is 5.67. The number of carbonyl (C=O) groups is 1. The SMILES string of the molecule is CC(C)(C)C(=O)NCCSC1CCCCC1. The van der Waals surface area contributed by atoms with E-state index in [4.69, 9.17) is 0 Å². The molecule has 16 heavy (non-hydrogen) atoms. The van der Waals surface area contributed by atoms with Crippen LogP contribution >= 0.6 is 11.8 Å². The molecular weight excluding hydrogens is 218 g/mol. The molecule has 2 nitrogen and oxygen atoms in total.